The number of hydrogen-bond acceptors (Lipinski definition) is 11. The van der Waals surface area contributed by atoms with Gasteiger partial charge in [-0.1, -0.05) is 47.5 Å². The Morgan fingerprint density at radius 3 is 1.51 bits per heavy atom. The van der Waals surface area contributed by atoms with Gasteiger partial charge in [-0.3, -0.25) is 28.8 Å². The molecule has 4 aromatic carbocycles. The zero-order valence-electron chi connectivity index (χ0n) is 37.9. The number of nitrogens with zero attached hydrogens (tertiary/aromatic N) is 5. The molecule has 0 unspecified atom stereocenters. The molecule has 6 aromatic rings. The van der Waals surface area contributed by atoms with Crippen molar-refractivity contribution in [1.29, 1.82) is 0 Å². The van der Waals surface area contributed by atoms with Crippen molar-refractivity contribution >= 4 is 80.1 Å². The maximum Gasteiger partial charge on any atom is 0.303 e. The molecule has 4 heterocycles. The molecule has 0 bridgehead atoms. The number of fused-ring (bicyclic) bond motifs is 2. The Kier molecular flexibility index (Phi) is 15.9. The SMILES string of the molecule is O=C(NC1CC1)c1ccc(N2CCN(C(=O)CCc3nc4ccccc4c(=O)[nH]3)CC2)c(Cl)c1.O=C(NC1CC1)c1ccc(N2CCNCC2)c(Cl)c1.O=C(O)CCc1nc2ccccc2c(=O)[nH]1. The number of aromatic amines is 2. The van der Waals surface area contributed by atoms with E-state index in [0.717, 1.165) is 63.2 Å². The highest BCUT2D eigenvalue weighted by Crippen LogP contribution is 2.30. The molecule has 4 fully saturated rings. The van der Waals surface area contributed by atoms with Crippen molar-refractivity contribution < 1.29 is 24.3 Å². The lowest BCUT2D eigenvalue weighted by Crippen LogP contribution is -2.49. The first kappa shape index (κ1) is 48.6. The summed E-state index contributed by atoms with van der Waals surface area (Å²) in [6, 6.07) is 25.8. The summed E-state index contributed by atoms with van der Waals surface area (Å²) in [5.41, 5.74) is 3.91. The fourth-order valence-corrected chi connectivity index (χ4v) is 8.62. The number of H-pyrrole nitrogens is 2. The summed E-state index contributed by atoms with van der Waals surface area (Å²) in [4.78, 5) is 91.4. The second-order valence-electron chi connectivity index (χ2n) is 17.4. The Morgan fingerprint density at radius 1 is 0.609 bits per heavy atom. The zero-order valence-corrected chi connectivity index (χ0v) is 39.5. The molecular formula is C50H54Cl2N10O7. The molecule has 0 atom stereocenters. The maximum atomic E-state index is 12.8. The number of aliphatic carboxylic acids is 1. The van der Waals surface area contributed by atoms with E-state index in [9.17, 15) is 28.8 Å². The van der Waals surface area contributed by atoms with Crippen LogP contribution in [0, 0.1) is 0 Å². The molecule has 2 aliphatic carbocycles. The Bertz CT molecular complexity index is 2960. The van der Waals surface area contributed by atoms with E-state index in [1.165, 1.54) is 0 Å². The Labute approximate surface area is 407 Å². The van der Waals surface area contributed by atoms with Gasteiger partial charge < -0.3 is 45.7 Å². The van der Waals surface area contributed by atoms with Crippen molar-refractivity contribution in [2.75, 3.05) is 62.2 Å². The predicted octanol–water partition coefficient (Wildman–Crippen LogP) is 5.33. The summed E-state index contributed by atoms with van der Waals surface area (Å²) in [5.74, 6) is -0.0475. The number of anilines is 2. The Hall–Kier alpha value is -6.82. The van der Waals surface area contributed by atoms with Gasteiger partial charge in [-0.15, -0.1) is 0 Å². The number of rotatable bonds is 12. The average molecular weight is 978 g/mol. The number of aryl methyl sites for hydroxylation is 2. The molecule has 2 saturated carbocycles. The van der Waals surface area contributed by atoms with E-state index in [-0.39, 0.29) is 48.1 Å². The average Bonchev–Trinajstić information content (AvgIpc) is 4.32. The lowest BCUT2D eigenvalue weighted by atomic mass is 10.1. The van der Waals surface area contributed by atoms with Gasteiger partial charge >= 0.3 is 5.97 Å². The summed E-state index contributed by atoms with van der Waals surface area (Å²) >= 11 is 12.8. The van der Waals surface area contributed by atoms with Crippen molar-refractivity contribution in [2.24, 2.45) is 0 Å². The van der Waals surface area contributed by atoms with Crippen molar-refractivity contribution in [1.82, 2.24) is 40.8 Å². The van der Waals surface area contributed by atoms with E-state index in [2.05, 4.69) is 45.7 Å². The second kappa shape index (κ2) is 22.5. The number of carboxylic acid groups (broad SMARTS) is 1. The second-order valence-corrected chi connectivity index (χ2v) is 18.2. The van der Waals surface area contributed by atoms with Crippen LogP contribution in [-0.4, -0.2) is 118 Å². The van der Waals surface area contributed by atoms with Crippen LogP contribution in [0.4, 0.5) is 11.4 Å². The third-order valence-corrected chi connectivity index (χ3v) is 12.8. The zero-order chi connectivity index (χ0) is 48.4. The largest absolute Gasteiger partial charge is 0.481 e. The number of piperazine rings is 2. The summed E-state index contributed by atoms with van der Waals surface area (Å²) in [5, 5.41) is 20.1. The van der Waals surface area contributed by atoms with E-state index >= 15 is 0 Å². The van der Waals surface area contributed by atoms with E-state index in [0.29, 0.717) is 99.3 Å². The minimum atomic E-state index is -0.907. The molecule has 2 aliphatic heterocycles. The topological polar surface area (TPSA) is 226 Å². The minimum Gasteiger partial charge on any atom is -0.481 e. The molecule has 2 aromatic heterocycles. The number of carboxylic acids is 1. The molecule has 4 aliphatic rings. The van der Waals surface area contributed by atoms with E-state index in [1.807, 2.05) is 29.2 Å². The number of benzene rings is 4. The fraction of sp³-hybridized carbons (Fsp3) is 0.360. The quantitative estimate of drug-likeness (QED) is 0.0916. The summed E-state index contributed by atoms with van der Waals surface area (Å²) in [6.07, 6.45) is 5.13. The monoisotopic (exact) mass is 976 g/mol. The molecular weight excluding hydrogens is 924 g/mol. The molecule has 2 saturated heterocycles. The first-order chi connectivity index (χ1) is 33.4. The van der Waals surface area contributed by atoms with Crippen LogP contribution < -0.4 is 36.9 Å². The van der Waals surface area contributed by atoms with Crippen LogP contribution in [0.15, 0.2) is 94.5 Å². The number of carbonyl (C=O) groups excluding carboxylic acids is 3. The van der Waals surface area contributed by atoms with Crippen molar-refractivity contribution in [3.63, 3.8) is 0 Å². The highest BCUT2D eigenvalue weighted by Gasteiger charge is 2.27. The molecule has 10 rings (SSSR count). The molecule has 0 spiro atoms. The smallest absolute Gasteiger partial charge is 0.303 e. The van der Waals surface area contributed by atoms with Crippen LogP contribution in [0.5, 0.6) is 0 Å². The molecule has 69 heavy (non-hydrogen) atoms. The first-order valence-electron chi connectivity index (χ1n) is 23.3. The predicted molar refractivity (Wildman–Crippen MR) is 267 cm³/mol. The number of halogens is 2. The number of amides is 3. The first-order valence-corrected chi connectivity index (χ1v) is 24.0. The highest BCUT2D eigenvalue weighted by atomic mass is 35.5. The van der Waals surface area contributed by atoms with E-state index < -0.39 is 5.97 Å². The number of para-hydroxylation sites is 2. The summed E-state index contributed by atoms with van der Waals surface area (Å²) in [6.45, 7) is 6.33. The van der Waals surface area contributed by atoms with Crippen LogP contribution in [0.3, 0.4) is 0 Å². The van der Waals surface area contributed by atoms with Gasteiger partial charge in [-0.2, -0.15) is 0 Å². The molecule has 360 valence electrons. The van der Waals surface area contributed by atoms with Crippen LogP contribution in [-0.2, 0) is 22.4 Å². The lowest BCUT2D eigenvalue weighted by molar-refractivity contribution is -0.137. The minimum absolute atomic E-state index is 0.0174. The highest BCUT2D eigenvalue weighted by molar-refractivity contribution is 6.34. The normalized spacial score (nSPS) is 15.7. The van der Waals surface area contributed by atoms with Crippen molar-refractivity contribution in [2.45, 2.75) is 63.5 Å². The fourth-order valence-electron chi connectivity index (χ4n) is 8.02. The summed E-state index contributed by atoms with van der Waals surface area (Å²) in [7, 11) is 0. The van der Waals surface area contributed by atoms with Gasteiger partial charge in [0.1, 0.15) is 11.6 Å². The van der Waals surface area contributed by atoms with Gasteiger partial charge in [-0.05, 0) is 86.3 Å². The number of carbonyl (C=O) groups is 4. The summed E-state index contributed by atoms with van der Waals surface area (Å²) < 4.78 is 0. The lowest BCUT2D eigenvalue weighted by Gasteiger charge is -2.36. The Morgan fingerprint density at radius 2 is 1.06 bits per heavy atom. The maximum absolute atomic E-state index is 12.8. The number of hydrogen-bond donors (Lipinski definition) is 6. The Balaban J connectivity index is 0.000000154. The van der Waals surface area contributed by atoms with Gasteiger partial charge in [0.25, 0.3) is 22.9 Å². The van der Waals surface area contributed by atoms with Gasteiger partial charge in [0, 0.05) is 94.8 Å². The van der Waals surface area contributed by atoms with Crippen molar-refractivity contribution in [3.8, 4) is 0 Å². The van der Waals surface area contributed by atoms with Gasteiger partial charge in [0.15, 0.2) is 0 Å². The van der Waals surface area contributed by atoms with Gasteiger partial charge in [0.2, 0.25) is 5.91 Å². The van der Waals surface area contributed by atoms with Crippen LogP contribution >= 0.6 is 23.2 Å². The standard InChI is InChI=1S/C25H26ClN5O3.C14H18ClN3O.C11H10N2O3/c26-19-15-16(24(33)27-17-6-7-17)5-8-21(19)30-11-13-31(14-12-30)23(32)10-9-22-28-20-4-2-1-3-18(20)25(34)29-22;15-12-9-10(14(19)17-11-2-3-11)1-4-13(12)18-7-5-16-6-8-18;14-10(15)6-5-9-12-8-4-2-1-3-7(8)11(16)13-9/h1-5,8,15,17H,6-7,9-14H2,(H,27,33)(H,28,29,34);1,4,9,11,16H,2-3,5-8H2,(H,17,19);1-4H,5-6H2,(H,14,15)(H,12,13,16). The number of aromatic nitrogens is 4. The van der Waals surface area contributed by atoms with E-state index in [4.69, 9.17) is 28.3 Å². The molecule has 3 amide bonds. The van der Waals surface area contributed by atoms with Crippen molar-refractivity contribution in [3.05, 3.63) is 138 Å². The third-order valence-electron chi connectivity index (χ3n) is 12.2. The van der Waals surface area contributed by atoms with Gasteiger partial charge in [0.05, 0.1) is 49.6 Å². The molecule has 19 heteroatoms. The van der Waals surface area contributed by atoms with Crippen LogP contribution in [0.1, 0.15) is 70.9 Å². The molecule has 0 radical (unpaired) electrons. The molecule has 17 nitrogen and oxygen atoms in total. The number of nitrogens with one attached hydrogen (secondary N) is 5. The van der Waals surface area contributed by atoms with Gasteiger partial charge in [-0.25, -0.2) is 9.97 Å². The molecule has 6 N–H and O–H groups in total. The third kappa shape index (κ3) is 13.2. The van der Waals surface area contributed by atoms with Crippen LogP contribution in [0.2, 0.25) is 10.0 Å². The van der Waals surface area contributed by atoms with Crippen LogP contribution in [0.25, 0.3) is 21.8 Å². The van der Waals surface area contributed by atoms with E-state index in [1.54, 1.807) is 60.7 Å².